The third-order valence-electron chi connectivity index (χ3n) is 8.06. The normalized spacial score (nSPS) is 9.42. The van der Waals surface area contributed by atoms with Gasteiger partial charge in [-0.05, 0) is 42.5 Å². The molecule has 0 aliphatic carbocycles. The van der Waals surface area contributed by atoms with Crippen molar-refractivity contribution in [2.75, 3.05) is 149 Å². The number of phosphoric acid groups is 1. The molecule has 118 heavy (non-hydrogen) atoms. The second-order valence-electron chi connectivity index (χ2n) is 13.6. The van der Waals surface area contributed by atoms with Crippen molar-refractivity contribution in [3.63, 3.8) is 0 Å². The summed E-state index contributed by atoms with van der Waals surface area (Å²) in [5.41, 5.74) is 18.3. The van der Waals surface area contributed by atoms with Crippen molar-refractivity contribution in [1.29, 1.82) is 0 Å². The van der Waals surface area contributed by atoms with Crippen molar-refractivity contribution in [2.24, 2.45) is 0 Å². The Hall–Kier alpha value is 1.10. The molecule has 2 aliphatic rings. The summed E-state index contributed by atoms with van der Waals surface area (Å²) >= 11 is 0. The van der Waals surface area contributed by atoms with Crippen LogP contribution in [0.4, 0.5) is 17.1 Å². The third-order valence-corrected chi connectivity index (χ3v) is 8.06. The van der Waals surface area contributed by atoms with Crippen LogP contribution in [-0.4, -0.2) is 132 Å². The summed E-state index contributed by atoms with van der Waals surface area (Å²) in [7, 11) is -5.39. The molecule has 0 saturated carbocycles. The average Bonchev–Trinajstić information content (AvgIpc) is 3.35. The second-order valence-corrected chi connectivity index (χ2v) is 14.5. The Morgan fingerprint density at radius 1 is 0.212 bits per heavy atom. The molecule has 71 heteroatoms. The number of anilines is 3. The first kappa shape index (κ1) is 320. The van der Waals surface area contributed by atoms with E-state index in [2.05, 4.69) is 15.0 Å². The van der Waals surface area contributed by atoms with Crippen molar-refractivity contribution in [3.05, 3.63) is 122 Å². The van der Waals surface area contributed by atoms with Crippen LogP contribution in [0, 0.1) is 0 Å². The summed E-state index contributed by atoms with van der Waals surface area (Å²) in [6, 6.07) is 26.2. The van der Waals surface area contributed by atoms with E-state index in [1.807, 2.05) is 104 Å². The number of hydrogen-bond acceptors (Lipinski definition) is 19. The van der Waals surface area contributed by atoms with Gasteiger partial charge >= 0.3 is 0 Å². The molecule has 7 rings (SSSR count). The molecule has 2 aliphatic heterocycles. The van der Waals surface area contributed by atoms with Crippen molar-refractivity contribution in [2.45, 2.75) is 0 Å². The van der Waals surface area contributed by atoms with Crippen LogP contribution >= 0.6 is 7.82 Å². The van der Waals surface area contributed by atoms with E-state index in [0.29, 0.717) is 155 Å². The fraction of sp³-hybridized carbons (Fsp3) is 0.426. The summed E-state index contributed by atoms with van der Waals surface area (Å²) in [5, 5.41) is 0. The number of rotatable bonds is 0. The minimum absolute atomic E-state index is 0. The zero-order valence-corrected chi connectivity index (χ0v) is 84.0. The number of aromatic nitrogens is 3. The van der Waals surface area contributed by atoms with E-state index in [4.69, 9.17) is 93.3 Å². The third kappa shape index (κ3) is 218. The van der Waals surface area contributed by atoms with Crippen LogP contribution in [0.2, 0.25) is 0 Å². The van der Waals surface area contributed by atoms with Crippen molar-refractivity contribution < 1.29 is 541 Å². The molecule has 0 amide bonds. The number of para-hydroxylation sites is 4. The molecule has 0 fully saturated rings. The van der Waals surface area contributed by atoms with E-state index in [9.17, 15) is 0 Å². The molecular weight excluding hydrogens is 2660 g/mol. The Morgan fingerprint density at radius 2 is 0.322 bits per heavy atom. The number of aromatic amines is 3. The van der Waals surface area contributed by atoms with E-state index in [1.165, 1.54) is 0 Å². The molecule has 0 radical (unpaired) electrons. The number of pyridine rings is 3. The number of nitrogen functional groups attached to an aromatic ring is 3. The van der Waals surface area contributed by atoms with Crippen LogP contribution in [0.15, 0.2) is 122 Å². The zero-order valence-electron chi connectivity index (χ0n) is 59.0. The van der Waals surface area contributed by atoms with E-state index in [1.54, 1.807) is 18.6 Å². The summed E-state index contributed by atoms with van der Waals surface area (Å²) in [6.07, 6.45) is 10.7. The molecule has 2 aromatic carbocycles. The summed E-state index contributed by atoms with van der Waals surface area (Å²) in [6.45, 7) is 10.6. The van der Waals surface area contributed by atoms with E-state index in [-0.39, 0.29) is 450 Å². The molecule has 9 N–H and O–H groups in total. The molecular formula is C47H69Mo12N6O52P-72. The standard InChI is InChI=1S/2C16H24O6.3C5H6N2.12Mo.H3O4P.36O/c2*1-2-4-16-15(3-1)21-13-11-19-9-7-17-5-6-18-8-10-20-12-14-22-16;3*6-5-2-1-3-7-4-5;;;;;;;;;;;;;1-5(2,3)4;;;;;;;;;;;;;;;;;;;;;;;;;;;;;;;;;;;;/h2*1-4H,5-14H2;3*1-4H,6H2;;;;;;;;;;;;;(H3,1,2,3,4);;;;;;;;;;;;;;;;;;;;;;;;;;;;;;;;;;;;/q;;;;;;;;;;;;;;;;;;36*-2. The quantitative estimate of drug-likeness (QED) is 0.0987. The molecule has 58 nitrogen and oxygen atoms in total. The van der Waals surface area contributed by atoms with Gasteiger partial charge in [-0.2, -0.15) is 7.82 Å². The van der Waals surface area contributed by atoms with Crippen LogP contribution < -0.4 is 65.8 Å². The number of nitrogens with one attached hydrogen (secondary N) is 3. The van der Waals surface area contributed by atoms with Gasteiger partial charge in [0.15, 0.2) is 60.2 Å². The predicted octanol–water partition coefficient (Wildman–Crippen LogP) is -3.83. The molecule has 0 spiro atoms. The zero-order chi connectivity index (χ0) is 50.4. The van der Waals surface area contributed by atoms with Gasteiger partial charge in [0, 0.05) is 271 Å². The maximum atomic E-state index is 8.55. The minimum atomic E-state index is -5.39. The van der Waals surface area contributed by atoms with Gasteiger partial charge in [0.05, 0.1) is 123 Å². The van der Waals surface area contributed by atoms with Crippen LogP contribution in [0.1, 0.15) is 0 Å². The van der Waals surface area contributed by atoms with E-state index in [0.717, 1.165) is 17.1 Å². The predicted molar refractivity (Wildman–Crippen MR) is 276 cm³/mol. The number of benzene rings is 2. The molecule has 0 unspecified atom stereocenters. The first-order chi connectivity index (χ1) is 34.1. The van der Waals surface area contributed by atoms with Crippen molar-refractivity contribution in [3.8, 4) is 23.0 Å². The van der Waals surface area contributed by atoms with Gasteiger partial charge < -0.3 is 290 Å². The van der Waals surface area contributed by atoms with Gasteiger partial charge in [0.2, 0.25) is 0 Å². The Morgan fingerprint density at radius 3 is 0.407 bits per heavy atom. The fourth-order valence-corrected chi connectivity index (χ4v) is 4.96. The molecule has 5 heterocycles. The largest absolute Gasteiger partial charge is 2.00 e. The van der Waals surface area contributed by atoms with E-state index >= 15 is 0 Å². The minimum Gasteiger partial charge on any atom is -2.00 e. The molecule has 5 aromatic rings. The monoisotopic (exact) mass is 2760 g/mol. The molecule has 0 saturated heterocycles. The van der Waals surface area contributed by atoms with Crippen LogP contribution in [0.3, 0.4) is 0 Å². The number of H-pyrrole nitrogens is 3. The number of nitrogens with two attached hydrogens (primary N) is 3. The maximum absolute atomic E-state index is 8.55. The van der Waals surface area contributed by atoms with Gasteiger partial charge in [0.25, 0.3) is 0 Å². The van der Waals surface area contributed by atoms with Gasteiger partial charge in [-0.3, -0.25) is 0 Å². The van der Waals surface area contributed by atoms with Crippen LogP contribution in [0.25, 0.3) is 0 Å². The number of ether oxygens (including phenoxy) is 12. The fourth-order valence-electron chi connectivity index (χ4n) is 4.96. The topological polar surface area (TPSA) is 1340 Å². The summed E-state index contributed by atoms with van der Waals surface area (Å²) < 4.78 is 74.6. The second kappa shape index (κ2) is 235. The van der Waals surface area contributed by atoms with Crippen LogP contribution in [-0.2, 0) is 492 Å². The first-order valence-electron chi connectivity index (χ1n) is 22.3. The number of hydrogen-bond donors (Lipinski definition) is 3. The van der Waals surface area contributed by atoms with Gasteiger partial charge in [-0.1, -0.05) is 24.3 Å². The van der Waals surface area contributed by atoms with Crippen LogP contribution in [0.5, 0.6) is 23.0 Å². The van der Waals surface area contributed by atoms with Gasteiger partial charge in [-0.25, -0.2) is 15.0 Å². The number of fused-ring (bicyclic) bond motifs is 2. The Kier molecular flexibility index (Phi) is 635. The van der Waals surface area contributed by atoms with E-state index < -0.39 is 7.82 Å². The molecule has 0 atom stereocenters. The summed E-state index contributed by atoms with van der Waals surface area (Å²) in [4.78, 5) is 34.2. The van der Waals surface area contributed by atoms with Gasteiger partial charge in [0.1, 0.15) is 26.4 Å². The van der Waals surface area contributed by atoms with Crippen molar-refractivity contribution in [1.82, 2.24) is 0 Å². The molecule has 748 valence electrons. The van der Waals surface area contributed by atoms with Gasteiger partial charge in [-0.15, -0.1) is 0 Å². The smallest absolute Gasteiger partial charge is 0.190 e. The Labute approximate surface area is 851 Å². The SMILES string of the molecule is Nc1ccc[nH+]c1.Nc1ccc[nH+]c1.Nc1ccc[nH+]c1.O=P([O-])([O-])[O-].[Mo].[Mo].[Mo].[Mo].[Mo].[Mo].[Mo].[Mo].[Mo].[Mo].[Mo].[Mo].[O-2].[O-2].[O-2].[O-2].[O-2].[O-2].[O-2].[O-2].[O-2].[O-2].[O-2].[O-2].[O-2].[O-2].[O-2].[O-2].[O-2].[O-2].[O-2].[O-2].[O-2].[O-2].[O-2].[O-2].[O-2].[O-2].[O-2].[O-2].[O-2].[O-2].[O-2].[O-2].[O-2].[O-2].[O-2].[O-2].c1ccc2c(c1)OCCOCCOCCOCCOCCO2.c1ccc2c(c1)OCCOCCOCCOCCOCCO2. The Bertz CT molecular complexity index is 1850. The molecule has 3 aromatic heterocycles. The summed E-state index contributed by atoms with van der Waals surface area (Å²) in [5.74, 6) is 2.86. The maximum Gasteiger partial charge on any atom is 0.190 e. The van der Waals surface area contributed by atoms with Crippen molar-refractivity contribution >= 4 is 24.9 Å². The average molecular weight is 2730 g/mol. The first-order valence-corrected chi connectivity index (χ1v) is 23.8. The Balaban J connectivity index is -0.0000000111. The molecule has 0 bridgehead atoms.